The molecule has 0 spiro atoms. The molecule has 24 heavy (non-hydrogen) atoms. The van der Waals surface area contributed by atoms with Crippen molar-refractivity contribution in [3.63, 3.8) is 0 Å². The summed E-state index contributed by atoms with van der Waals surface area (Å²) in [5.41, 5.74) is 3.97. The van der Waals surface area contributed by atoms with Gasteiger partial charge in [-0.2, -0.15) is 0 Å². The summed E-state index contributed by atoms with van der Waals surface area (Å²) in [7, 11) is 0. The van der Waals surface area contributed by atoms with Gasteiger partial charge in [-0.05, 0) is 56.5 Å². The van der Waals surface area contributed by atoms with Gasteiger partial charge in [-0.1, -0.05) is 30.3 Å². The molecule has 126 valence electrons. The van der Waals surface area contributed by atoms with E-state index in [0.29, 0.717) is 6.54 Å². The summed E-state index contributed by atoms with van der Waals surface area (Å²) >= 11 is 0. The van der Waals surface area contributed by atoms with E-state index in [2.05, 4.69) is 23.5 Å². The highest BCUT2D eigenvalue weighted by Crippen LogP contribution is 2.31. The Kier molecular flexibility index (Phi) is 4.47. The topological polar surface area (TPSA) is 41.6 Å². The van der Waals surface area contributed by atoms with Gasteiger partial charge in [-0.25, -0.2) is 4.79 Å². The monoisotopic (exact) mass is 324 g/mol. The molecule has 4 nitrogen and oxygen atoms in total. The zero-order valence-electron chi connectivity index (χ0n) is 14.5. The standard InChI is InChI=1S/C20H24N2O2/c1-20(2,3)24-19(23)22-12-11-16-13-17(9-10-18(16)22)21-14-15-7-5-4-6-8-15/h4-10,13,21H,11-12,14H2,1-3H3. The van der Waals surface area contributed by atoms with Crippen LogP contribution in [0.2, 0.25) is 0 Å². The first-order valence-electron chi connectivity index (χ1n) is 8.34. The molecular formula is C20H24N2O2. The zero-order chi connectivity index (χ0) is 17.2. The van der Waals surface area contributed by atoms with E-state index in [0.717, 1.165) is 24.3 Å². The van der Waals surface area contributed by atoms with Crippen LogP contribution in [0, 0.1) is 0 Å². The second kappa shape index (κ2) is 6.56. The average Bonchev–Trinajstić information content (AvgIpc) is 2.95. The third-order valence-electron chi connectivity index (χ3n) is 3.93. The summed E-state index contributed by atoms with van der Waals surface area (Å²) in [6.45, 7) is 7.12. The summed E-state index contributed by atoms with van der Waals surface area (Å²) in [4.78, 5) is 14.0. The molecular weight excluding hydrogens is 300 g/mol. The summed E-state index contributed by atoms with van der Waals surface area (Å²) in [6.07, 6.45) is 0.585. The van der Waals surface area contributed by atoms with Crippen molar-refractivity contribution < 1.29 is 9.53 Å². The lowest BCUT2D eigenvalue weighted by Crippen LogP contribution is -2.35. The second-order valence-corrected chi connectivity index (χ2v) is 7.06. The van der Waals surface area contributed by atoms with E-state index >= 15 is 0 Å². The molecule has 0 aliphatic carbocycles. The van der Waals surface area contributed by atoms with Crippen LogP contribution in [0.3, 0.4) is 0 Å². The maximum atomic E-state index is 12.3. The molecule has 1 N–H and O–H groups in total. The number of amides is 1. The van der Waals surface area contributed by atoms with Gasteiger partial charge in [0.15, 0.2) is 0 Å². The van der Waals surface area contributed by atoms with Crippen molar-refractivity contribution in [2.75, 3.05) is 16.8 Å². The van der Waals surface area contributed by atoms with Crippen LogP contribution in [0.15, 0.2) is 48.5 Å². The number of hydrogen-bond acceptors (Lipinski definition) is 3. The molecule has 0 fully saturated rings. The average molecular weight is 324 g/mol. The van der Waals surface area contributed by atoms with Crippen LogP contribution in [0.4, 0.5) is 16.2 Å². The number of hydrogen-bond donors (Lipinski definition) is 1. The van der Waals surface area contributed by atoms with Crippen molar-refractivity contribution >= 4 is 17.5 Å². The Morgan fingerprint density at radius 2 is 1.92 bits per heavy atom. The molecule has 0 radical (unpaired) electrons. The lowest BCUT2D eigenvalue weighted by Gasteiger charge is -2.24. The largest absolute Gasteiger partial charge is 0.443 e. The highest BCUT2D eigenvalue weighted by Gasteiger charge is 2.28. The van der Waals surface area contributed by atoms with Gasteiger partial charge in [0.2, 0.25) is 0 Å². The minimum absolute atomic E-state index is 0.272. The van der Waals surface area contributed by atoms with Crippen molar-refractivity contribution in [1.29, 1.82) is 0 Å². The molecule has 0 saturated carbocycles. The summed E-state index contributed by atoms with van der Waals surface area (Å²) in [6, 6.07) is 16.4. The Hall–Kier alpha value is -2.49. The minimum atomic E-state index is -0.475. The van der Waals surface area contributed by atoms with E-state index in [4.69, 9.17) is 4.74 Å². The van der Waals surface area contributed by atoms with E-state index in [9.17, 15) is 4.79 Å². The molecule has 0 atom stereocenters. The Labute approximate surface area is 143 Å². The first-order chi connectivity index (χ1) is 11.4. The number of anilines is 2. The molecule has 2 aromatic carbocycles. The molecule has 1 heterocycles. The quantitative estimate of drug-likeness (QED) is 0.897. The Balaban J connectivity index is 1.68. The predicted octanol–water partition coefficient (Wildman–Crippen LogP) is 4.60. The maximum Gasteiger partial charge on any atom is 0.414 e. The molecule has 0 saturated heterocycles. The highest BCUT2D eigenvalue weighted by atomic mass is 16.6. The van der Waals surface area contributed by atoms with Crippen LogP contribution in [-0.4, -0.2) is 18.2 Å². The third-order valence-corrected chi connectivity index (χ3v) is 3.93. The number of carbonyl (C=O) groups is 1. The van der Waals surface area contributed by atoms with Crippen LogP contribution in [-0.2, 0) is 17.7 Å². The SMILES string of the molecule is CC(C)(C)OC(=O)N1CCc2cc(NCc3ccccc3)ccc21. The van der Waals surface area contributed by atoms with Gasteiger partial charge in [0, 0.05) is 18.8 Å². The fourth-order valence-electron chi connectivity index (χ4n) is 2.82. The van der Waals surface area contributed by atoms with E-state index in [1.807, 2.05) is 51.1 Å². The van der Waals surface area contributed by atoms with Crippen molar-refractivity contribution in [2.45, 2.75) is 39.3 Å². The first-order valence-corrected chi connectivity index (χ1v) is 8.34. The lowest BCUT2D eigenvalue weighted by atomic mass is 10.1. The van der Waals surface area contributed by atoms with Gasteiger partial charge in [-0.3, -0.25) is 4.90 Å². The number of nitrogens with one attached hydrogen (secondary N) is 1. The number of benzene rings is 2. The van der Waals surface area contributed by atoms with Crippen molar-refractivity contribution in [3.8, 4) is 0 Å². The second-order valence-electron chi connectivity index (χ2n) is 7.06. The molecule has 3 rings (SSSR count). The fraction of sp³-hybridized carbons (Fsp3) is 0.350. The molecule has 1 amide bonds. The number of ether oxygens (including phenoxy) is 1. The van der Waals surface area contributed by atoms with Gasteiger partial charge in [0.1, 0.15) is 5.60 Å². The van der Waals surface area contributed by atoms with Gasteiger partial charge in [-0.15, -0.1) is 0 Å². The smallest absolute Gasteiger partial charge is 0.414 e. The van der Waals surface area contributed by atoms with Gasteiger partial charge >= 0.3 is 6.09 Å². The Morgan fingerprint density at radius 1 is 1.17 bits per heavy atom. The molecule has 0 aromatic heterocycles. The number of carbonyl (C=O) groups excluding carboxylic acids is 1. The van der Waals surface area contributed by atoms with Gasteiger partial charge in [0.05, 0.1) is 5.69 Å². The molecule has 2 aromatic rings. The van der Waals surface area contributed by atoms with Crippen molar-refractivity contribution in [2.24, 2.45) is 0 Å². The van der Waals surface area contributed by atoms with Crippen LogP contribution < -0.4 is 10.2 Å². The Bertz CT molecular complexity index is 720. The number of nitrogens with zero attached hydrogens (tertiary/aromatic N) is 1. The van der Waals surface area contributed by atoms with E-state index in [1.54, 1.807) is 4.90 Å². The normalized spacial score (nSPS) is 13.5. The highest BCUT2D eigenvalue weighted by molar-refractivity contribution is 5.91. The van der Waals surface area contributed by atoms with E-state index < -0.39 is 5.60 Å². The van der Waals surface area contributed by atoms with Crippen LogP contribution >= 0.6 is 0 Å². The number of fused-ring (bicyclic) bond motifs is 1. The third kappa shape index (κ3) is 3.88. The van der Waals surface area contributed by atoms with Crippen LogP contribution in [0.1, 0.15) is 31.9 Å². The molecule has 4 heteroatoms. The van der Waals surface area contributed by atoms with Crippen molar-refractivity contribution in [1.82, 2.24) is 0 Å². The summed E-state index contributed by atoms with van der Waals surface area (Å²) < 4.78 is 5.49. The lowest BCUT2D eigenvalue weighted by molar-refractivity contribution is 0.0584. The van der Waals surface area contributed by atoms with Gasteiger partial charge in [0.25, 0.3) is 0 Å². The fourth-order valence-corrected chi connectivity index (χ4v) is 2.82. The molecule has 0 unspecified atom stereocenters. The van der Waals surface area contributed by atoms with E-state index in [-0.39, 0.29) is 6.09 Å². The first kappa shape index (κ1) is 16.4. The predicted molar refractivity (Wildman–Crippen MR) is 97.5 cm³/mol. The maximum absolute atomic E-state index is 12.3. The van der Waals surface area contributed by atoms with Crippen LogP contribution in [0.5, 0.6) is 0 Å². The molecule has 0 bridgehead atoms. The van der Waals surface area contributed by atoms with E-state index in [1.165, 1.54) is 11.1 Å². The zero-order valence-corrected chi connectivity index (χ0v) is 14.5. The Morgan fingerprint density at radius 3 is 2.62 bits per heavy atom. The number of rotatable bonds is 3. The summed E-state index contributed by atoms with van der Waals surface area (Å²) in [5, 5.41) is 3.44. The van der Waals surface area contributed by atoms with Crippen LogP contribution in [0.25, 0.3) is 0 Å². The molecule has 1 aliphatic heterocycles. The van der Waals surface area contributed by atoms with Crippen molar-refractivity contribution in [3.05, 3.63) is 59.7 Å². The summed E-state index contributed by atoms with van der Waals surface area (Å²) in [5.74, 6) is 0. The molecule has 1 aliphatic rings. The minimum Gasteiger partial charge on any atom is -0.443 e. The van der Waals surface area contributed by atoms with Gasteiger partial charge < -0.3 is 10.1 Å².